The minimum absolute atomic E-state index is 0.285. The van der Waals surface area contributed by atoms with Gasteiger partial charge in [-0.15, -0.1) is 0 Å². The van der Waals surface area contributed by atoms with E-state index in [1.54, 1.807) is 18.2 Å². The molecular weight excluding hydrogens is 264 g/mol. The van der Waals surface area contributed by atoms with Crippen LogP contribution in [0.3, 0.4) is 0 Å². The smallest absolute Gasteiger partial charge is 0.129 e. The van der Waals surface area contributed by atoms with Crippen molar-refractivity contribution in [1.29, 1.82) is 0 Å². The van der Waals surface area contributed by atoms with Crippen LogP contribution in [0.25, 0.3) is 0 Å². The van der Waals surface area contributed by atoms with Gasteiger partial charge in [0.15, 0.2) is 0 Å². The molecule has 0 saturated carbocycles. The topological polar surface area (TPSA) is 20.2 Å². The predicted molar refractivity (Wildman–Crippen MR) is 71.7 cm³/mol. The summed E-state index contributed by atoms with van der Waals surface area (Å²) in [6.45, 7) is 4.24. The van der Waals surface area contributed by atoms with Crippen LogP contribution >= 0.6 is 15.9 Å². The van der Waals surface area contributed by atoms with Crippen molar-refractivity contribution in [3.05, 3.63) is 64.1 Å². The Kier molecular flexibility index (Phi) is 5.06. The Morgan fingerprint density at radius 1 is 0.812 bits per heavy atom. The minimum atomic E-state index is 0.285. The highest BCUT2D eigenvalue weighted by Crippen LogP contribution is 2.21. The third kappa shape index (κ3) is 4.07. The van der Waals surface area contributed by atoms with Crippen molar-refractivity contribution in [1.82, 2.24) is 0 Å². The van der Waals surface area contributed by atoms with E-state index in [1.807, 2.05) is 6.07 Å². The first-order chi connectivity index (χ1) is 7.61. The van der Waals surface area contributed by atoms with Crippen LogP contribution in [-0.4, -0.2) is 5.11 Å². The number of rotatable bonds is 0. The van der Waals surface area contributed by atoms with Crippen LogP contribution in [0.2, 0.25) is 0 Å². The van der Waals surface area contributed by atoms with Crippen LogP contribution in [0.1, 0.15) is 11.1 Å². The second-order valence-corrected chi connectivity index (χ2v) is 4.39. The monoisotopic (exact) mass is 278 g/mol. The van der Waals surface area contributed by atoms with Crippen LogP contribution in [0.15, 0.2) is 53.0 Å². The molecule has 0 aromatic heterocycles. The fourth-order valence-electron chi connectivity index (χ4n) is 1.11. The quantitative estimate of drug-likeness (QED) is 0.755. The molecule has 1 nitrogen and oxygen atoms in total. The number of phenolic OH excluding ortho intramolecular Hbond substituents is 1. The number of aryl methyl sites for hydroxylation is 2. The number of halogens is 1. The van der Waals surface area contributed by atoms with Gasteiger partial charge in [0, 0.05) is 0 Å². The van der Waals surface area contributed by atoms with Gasteiger partial charge in [-0.05, 0) is 53.0 Å². The Morgan fingerprint density at radius 3 is 1.56 bits per heavy atom. The largest absolute Gasteiger partial charge is 0.507 e. The van der Waals surface area contributed by atoms with E-state index in [9.17, 15) is 0 Å². The maximum absolute atomic E-state index is 8.87. The van der Waals surface area contributed by atoms with Crippen molar-refractivity contribution >= 4 is 15.9 Å². The molecule has 2 heteroatoms. The van der Waals surface area contributed by atoms with Crippen molar-refractivity contribution in [3.8, 4) is 5.75 Å². The van der Waals surface area contributed by atoms with E-state index in [1.165, 1.54) is 11.1 Å². The fraction of sp³-hybridized carbons (Fsp3) is 0.143. The Balaban J connectivity index is 0.000000160. The molecule has 1 N–H and O–H groups in total. The standard InChI is InChI=1S/C8H10.C6H5BrO/c1-7-5-3-4-6-8(7)2;7-5-3-1-2-4-6(5)8/h3-6H,1-2H3;1-4,8H. The summed E-state index contributed by atoms with van der Waals surface area (Å²) in [4.78, 5) is 0. The number of phenols is 1. The average Bonchev–Trinajstić information content (AvgIpc) is 2.28. The fourth-order valence-corrected chi connectivity index (χ4v) is 1.40. The second-order valence-electron chi connectivity index (χ2n) is 3.54. The van der Waals surface area contributed by atoms with Crippen molar-refractivity contribution in [2.75, 3.05) is 0 Å². The zero-order chi connectivity index (χ0) is 12.0. The molecule has 2 rings (SSSR count). The molecular formula is C14H15BrO. The molecule has 0 aliphatic carbocycles. The van der Waals surface area contributed by atoms with E-state index in [0.29, 0.717) is 0 Å². The van der Waals surface area contributed by atoms with Crippen molar-refractivity contribution in [2.24, 2.45) is 0 Å². The molecule has 0 fully saturated rings. The molecule has 0 unspecified atom stereocenters. The molecule has 0 spiro atoms. The van der Waals surface area contributed by atoms with E-state index >= 15 is 0 Å². The highest BCUT2D eigenvalue weighted by molar-refractivity contribution is 9.10. The van der Waals surface area contributed by atoms with Gasteiger partial charge in [-0.25, -0.2) is 0 Å². The minimum Gasteiger partial charge on any atom is -0.507 e. The van der Waals surface area contributed by atoms with Gasteiger partial charge in [0.1, 0.15) is 5.75 Å². The first kappa shape index (κ1) is 12.8. The lowest BCUT2D eigenvalue weighted by Crippen LogP contribution is -1.74. The molecule has 0 radical (unpaired) electrons. The molecule has 0 saturated heterocycles. The molecule has 0 aliphatic rings. The number of aromatic hydroxyl groups is 1. The van der Waals surface area contributed by atoms with E-state index in [2.05, 4.69) is 54.0 Å². The van der Waals surface area contributed by atoms with Crippen LogP contribution in [-0.2, 0) is 0 Å². The lowest BCUT2D eigenvalue weighted by atomic mass is 10.1. The average molecular weight is 279 g/mol. The van der Waals surface area contributed by atoms with E-state index < -0.39 is 0 Å². The summed E-state index contributed by atoms with van der Waals surface area (Å²) in [7, 11) is 0. The lowest BCUT2D eigenvalue weighted by molar-refractivity contribution is 0.472. The number of hydrogen-bond acceptors (Lipinski definition) is 1. The molecule has 2 aromatic carbocycles. The van der Waals surface area contributed by atoms with Crippen molar-refractivity contribution < 1.29 is 5.11 Å². The molecule has 0 heterocycles. The second kappa shape index (κ2) is 6.33. The first-order valence-corrected chi connectivity index (χ1v) is 5.86. The maximum atomic E-state index is 8.87. The van der Waals surface area contributed by atoms with E-state index in [-0.39, 0.29) is 5.75 Å². The van der Waals surface area contributed by atoms with E-state index in [0.717, 1.165) is 4.47 Å². The van der Waals surface area contributed by atoms with Gasteiger partial charge in [-0.1, -0.05) is 36.4 Å². The Labute approximate surface area is 105 Å². The van der Waals surface area contributed by atoms with Gasteiger partial charge < -0.3 is 5.11 Å². The summed E-state index contributed by atoms with van der Waals surface area (Å²) < 4.78 is 0.736. The molecule has 84 valence electrons. The summed E-state index contributed by atoms with van der Waals surface area (Å²) >= 11 is 3.15. The van der Waals surface area contributed by atoms with Gasteiger partial charge >= 0.3 is 0 Å². The molecule has 0 aliphatic heterocycles. The van der Waals surface area contributed by atoms with Gasteiger partial charge in [0.05, 0.1) is 4.47 Å². The van der Waals surface area contributed by atoms with Crippen molar-refractivity contribution in [3.63, 3.8) is 0 Å². The SMILES string of the molecule is Cc1ccccc1C.Oc1ccccc1Br. The Hall–Kier alpha value is -1.28. The maximum Gasteiger partial charge on any atom is 0.129 e. The van der Waals surface area contributed by atoms with Gasteiger partial charge in [-0.2, -0.15) is 0 Å². The van der Waals surface area contributed by atoms with E-state index in [4.69, 9.17) is 5.11 Å². The normalized spacial score (nSPS) is 9.19. The summed E-state index contributed by atoms with van der Waals surface area (Å²) in [5.74, 6) is 0.285. The van der Waals surface area contributed by atoms with Gasteiger partial charge in [-0.3, -0.25) is 0 Å². The number of para-hydroxylation sites is 1. The van der Waals surface area contributed by atoms with Crippen LogP contribution in [0.5, 0.6) is 5.75 Å². The highest BCUT2D eigenvalue weighted by Gasteiger charge is 1.89. The summed E-state index contributed by atoms with van der Waals surface area (Å²) in [6.07, 6.45) is 0. The molecule has 0 bridgehead atoms. The lowest BCUT2D eigenvalue weighted by Gasteiger charge is -1.93. The Bertz CT molecular complexity index is 366. The van der Waals surface area contributed by atoms with Crippen molar-refractivity contribution in [2.45, 2.75) is 13.8 Å². The molecule has 2 aromatic rings. The first-order valence-electron chi connectivity index (χ1n) is 5.07. The number of hydrogen-bond donors (Lipinski definition) is 1. The zero-order valence-corrected chi connectivity index (χ0v) is 11.0. The molecule has 0 amide bonds. The van der Waals surface area contributed by atoms with Gasteiger partial charge in [0.25, 0.3) is 0 Å². The Morgan fingerprint density at radius 2 is 1.25 bits per heavy atom. The zero-order valence-electron chi connectivity index (χ0n) is 9.44. The van der Waals surface area contributed by atoms with Crippen LogP contribution < -0.4 is 0 Å². The summed E-state index contributed by atoms with van der Waals surface area (Å²) in [6, 6.07) is 15.4. The molecule has 0 atom stereocenters. The van der Waals surface area contributed by atoms with Crippen LogP contribution in [0.4, 0.5) is 0 Å². The molecule has 16 heavy (non-hydrogen) atoms. The highest BCUT2D eigenvalue weighted by atomic mass is 79.9. The van der Waals surface area contributed by atoms with Crippen LogP contribution in [0, 0.1) is 13.8 Å². The number of benzene rings is 2. The third-order valence-corrected chi connectivity index (χ3v) is 2.95. The third-order valence-electron chi connectivity index (χ3n) is 2.28. The summed E-state index contributed by atoms with van der Waals surface area (Å²) in [5.41, 5.74) is 2.74. The predicted octanol–water partition coefficient (Wildman–Crippen LogP) is 4.46. The van der Waals surface area contributed by atoms with Gasteiger partial charge in [0.2, 0.25) is 0 Å². The summed E-state index contributed by atoms with van der Waals surface area (Å²) in [5, 5.41) is 8.87.